The standard InChI is InChI=1S/C15H28N4O/c1-4-20-15(8-5-12(2)6-9-15)14(17-16)11-13-7-10-19(3)18-13/h7,10,12,14,17H,4-6,8-9,11,16H2,1-3H3. The highest BCUT2D eigenvalue weighted by Gasteiger charge is 2.41. The van der Waals surface area contributed by atoms with E-state index in [1.807, 2.05) is 17.9 Å². The molecule has 1 saturated carbocycles. The fourth-order valence-corrected chi connectivity index (χ4v) is 3.31. The fraction of sp³-hybridized carbons (Fsp3) is 0.800. The molecule has 5 nitrogen and oxygen atoms in total. The van der Waals surface area contributed by atoms with Crippen LogP contribution in [0.15, 0.2) is 12.3 Å². The average Bonchev–Trinajstić information content (AvgIpc) is 2.85. The monoisotopic (exact) mass is 280 g/mol. The molecule has 3 N–H and O–H groups in total. The van der Waals surface area contributed by atoms with Crippen molar-refractivity contribution in [3.8, 4) is 0 Å². The van der Waals surface area contributed by atoms with Gasteiger partial charge in [-0.15, -0.1) is 0 Å². The molecule has 1 unspecified atom stereocenters. The number of hydrogen-bond acceptors (Lipinski definition) is 4. The summed E-state index contributed by atoms with van der Waals surface area (Å²) in [5.74, 6) is 6.63. The zero-order valence-corrected chi connectivity index (χ0v) is 12.9. The molecule has 1 fully saturated rings. The number of aryl methyl sites for hydroxylation is 1. The van der Waals surface area contributed by atoms with Crippen LogP contribution in [0.1, 0.15) is 45.2 Å². The summed E-state index contributed by atoms with van der Waals surface area (Å²) < 4.78 is 8.01. The Morgan fingerprint density at radius 3 is 2.75 bits per heavy atom. The predicted octanol–water partition coefficient (Wildman–Crippen LogP) is 1.78. The van der Waals surface area contributed by atoms with Crippen LogP contribution in [0.25, 0.3) is 0 Å². The summed E-state index contributed by atoms with van der Waals surface area (Å²) in [5.41, 5.74) is 3.91. The van der Waals surface area contributed by atoms with Gasteiger partial charge in [0.2, 0.25) is 0 Å². The molecule has 0 bridgehead atoms. The van der Waals surface area contributed by atoms with Gasteiger partial charge in [0, 0.05) is 26.3 Å². The molecule has 1 aliphatic rings. The predicted molar refractivity (Wildman–Crippen MR) is 80.0 cm³/mol. The van der Waals surface area contributed by atoms with E-state index in [4.69, 9.17) is 10.6 Å². The van der Waals surface area contributed by atoms with Crippen LogP contribution in [0, 0.1) is 5.92 Å². The zero-order chi connectivity index (χ0) is 14.6. The third-order valence-corrected chi connectivity index (χ3v) is 4.57. The first-order valence-electron chi connectivity index (χ1n) is 7.68. The normalized spacial score (nSPS) is 28.5. The van der Waals surface area contributed by atoms with Crippen molar-refractivity contribution in [1.29, 1.82) is 0 Å². The maximum absolute atomic E-state index is 6.17. The lowest BCUT2D eigenvalue weighted by atomic mass is 9.74. The minimum Gasteiger partial charge on any atom is -0.374 e. The highest BCUT2D eigenvalue weighted by molar-refractivity contribution is 5.06. The van der Waals surface area contributed by atoms with Crippen LogP contribution in [0.2, 0.25) is 0 Å². The van der Waals surface area contributed by atoms with Crippen molar-refractivity contribution in [2.24, 2.45) is 18.8 Å². The molecular weight excluding hydrogens is 252 g/mol. The second-order valence-electron chi connectivity index (χ2n) is 6.08. The Labute approximate surface area is 121 Å². The van der Waals surface area contributed by atoms with E-state index >= 15 is 0 Å². The lowest BCUT2D eigenvalue weighted by Gasteiger charge is -2.44. The smallest absolute Gasteiger partial charge is 0.0852 e. The minimum atomic E-state index is -0.145. The Bertz CT molecular complexity index is 410. The Balaban J connectivity index is 2.12. The van der Waals surface area contributed by atoms with E-state index in [1.165, 1.54) is 12.8 Å². The fourth-order valence-electron chi connectivity index (χ4n) is 3.31. The minimum absolute atomic E-state index is 0.116. The second-order valence-corrected chi connectivity index (χ2v) is 6.08. The summed E-state index contributed by atoms with van der Waals surface area (Å²) in [6, 6.07) is 2.17. The molecule has 0 saturated heterocycles. The van der Waals surface area contributed by atoms with Crippen LogP contribution in [0.5, 0.6) is 0 Å². The van der Waals surface area contributed by atoms with Gasteiger partial charge in [-0.25, -0.2) is 0 Å². The highest BCUT2D eigenvalue weighted by atomic mass is 16.5. The first-order valence-corrected chi connectivity index (χ1v) is 7.68. The van der Waals surface area contributed by atoms with Gasteiger partial charge in [-0.3, -0.25) is 16.0 Å². The van der Waals surface area contributed by atoms with Crippen molar-refractivity contribution in [3.05, 3.63) is 18.0 Å². The van der Waals surface area contributed by atoms with Crippen molar-refractivity contribution in [3.63, 3.8) is 0 Å². The van der Waals surface area contributed by atoms with E-state index in [-0.39, 0.29) is 11.6 Å². The maximum Gasteiger partial charge on any atom is 0.0852 e. The number of hydrogen-bond donors (Lipinski definition) is 2. The van der Waals surface area contributed by atoms with Crippen LogP contribution in [0.4, 0.5) is 0 Å². The number of rotatable bonds is 6. The molecule has 0 aliphatic heterocycles. The third-order valence-electron chi connectivity index (χ3n) is 4.57. The number of nitrogens with two attached hydrogens (primary N) is 1. The molecule has 0 aromatic carbocycles. The Morgan fingerprint density at radius 1 is 1.55 bits per heavy atom. The number of nitrogens with zero attached hydrogens (tertiary/aromatic N) is 2. The van der Waals surface area contributed by atoms with Gasteiger partial charge in [-0.2, -0.15) is 5.10 Å². The summed E-state index contributed by atoms with van der Waals surface area (Å²) >= 11 is 0. The number of hydrazine groups is 1. The number of ether oxygens (including phenoxy) is 1. The van der Waals surface area contributed by atoms with Crippen LogP contribution in [-0.4, -0.2) is 28.0 Å². The quantitative estimate of drug-likeness (QED) is 0.616. The van der Waals surface area contributed by atoms with Gasteiger partial charge >= 0.3 is 0 Å². The Hall–Kier alpha value is -0.910. The van der Waals surface area contributed by atoms with Crippen molar-refractivity contribution >= 4 is 0 Å². The van der Waals surface area contributed by atoms with Gasteiger partial charge in [-0.05, 0) is 44.6 Å². The summed E-state index contributed by atoms with van der Waals surface area (Å²) in [4.78, 5) is 0. The molecule has 0 radical (unpaired) electrons. The molecule has 20 heavy (non-hydrogen) atoms. The lowest BCUT2D eigenvalue weighted by molar-refractivity contribution is -0.0963. The van der Waals surface area contributed by atoms with Gasteiger partial charge < -0.3 is 4.74 Å². The molecule has 1 aromatic rings. The number of nitrogens with one attached hydrogen (secondary N) is 1. The molecule has 1 aliphatic carbocycles. The van der Waals surface area contributed by atoms with Crippen LogP contribution in [0.3, 0.4) is 0 Å². The van der Waals surface area contributed by atoms with Crippen LogP contribution >= 0.6 is 0 Å². The van der Waals surface area contributed by atoms with Gasteiger partial charge in [-0.1, -0.05) is 6.92 Å². The van der Waals surface area contributed by atoms with Crippen molar-refractivity contribution < 1.29 is 4.74 Å². The lowest BCUT2D eigenvalue weighted by Crippen LogP contribution is -2.57. The molecule has 1 atom stereocenters. The van der Waals surface area contributed by atoms with E-state index in [0.717, 1.165) is 37.5 Å². The van der Waals surface area contributed by atoms with Gasteiger partial charge in [0.15, 0.2) is 0 Å². The van der Waals surface area contributed by atoms with Gasteiger partial charge in [0.05, 0.1) is 17.3 Å². The van der Waals surface area contributed by atoms with Gasteiger partial charge in [0.1, 0.15) is 0 Å². The molecule has 0 amide bonds. The summed E-state index contributed by atoms with van der Waals surface area (Å²) in [5, 5.41) is 4.47. The van der Waals surface area contributed by atoms with E-state index in [2.05, 4.69) is 30.4 Å². The molecule has 2 rings (SSSR count). The highest BCUT2D eigenvalue weighted by Crippen LogP contribution is 2.38. The van der Waals surface area contributed by atoms with Gasteiger partial charge in [0.25, 0.3) is 0 Å². The summed E-state index contributed by atoms with van der Waals surface area (Å²) in [6.07, 6.45) is 7.35. The molecule has 114 valence electrons. The van der Waals surface area contributed by atoms with Crippen molar-refractivity contribution in [1.82, 2.24) is 15.2 Å². The van der Waals surface area contributed by atoms with E-state index < -0.39 is 0 Å². The summed E-state index contributed by atoms with van der Waals surface area (Å²) in [7, 11) is 1.94. The molecule has 0 spiro atoms. The van der Waals surface area contributed by atoms with Crippen LogP contribution in [-0.2, 0) is 18.2 Å². The molecular formula is C15H28N4O. The first kappa shape index (κ1) is 15.5. The Morgan fingerprint density at radius 2 is 2.25 bits per heavy atom. The van der Waals surface area contributed by atoms with Crippen molar-refractivity contribution in [2.75, 3.05) is 6.61 Å². The third kappa shape index (κ3) is 3.40. The Kier molecular flexibility index (Phi) is 5.18. The summed E-state index contributed by atoms with van der Waals surface area (Å²) in [6.45, 7) is 5.11. The van der Waals surface area contributed by atoms with E-state index in [0.29, 0.717) is 0 Å². The topological polar surface area (TPSA) is 65.1 Å². The second kappa shape index (κ2) is 6.70. The van der Waals surface area contributed by atoms with Crippen molar-refractivity contribution in [2.45, 2.75) is 57.6 Å². The molecule has 1 aromatic heterocycles. The largest absolute Gasteiger partial charge is 0.374 e. The van der Waals surface area contributed by atoms with Crippen LogP contribution < -0.4 is 11.3 Å². The first-order chi connectivity index (χ1) is 9.59. The molecule has 1 heterocycles. The number of aromatic nitrogens is 2. The molecule has 5 heteroatoms. The maximum atomic E-state index is 6.17. The zero-order valence-electron chi connectivity index (χ0n) is 12.9. The average molecular weight is 280 g/mol. The van der Waals surface area contributed by atoms with E-state index in [9.17, 15) is 0 Å². The van der Waals surface area contributed by atoms with E-state index in [1.54, 1.807) is 0 Å². The SMILES string of the molecule is CCOC1(C(Cc2ccn(C)n2)NN)CCC(C)CC1.